The van der Waals surface area contributed by atoms with Gasteiger partial charge in [0.2, 0.25) is 0 Å². The summed E-state index contributed by atoms with van der Waals surface area (Å²) in [5, 5.41) is 7.21. The molecule has 0 heterocycles. The van der Waals surface area contributed by atoms with Gasteiger partial charge in [-0.3, -0.25) is 0 Å². The van der Waals surface area contributed by atoms with Crippen LogP contribution < -0.4 is 19.6 Å². The van der Waals surface area contributed by atoms with Crippen LogP contribution in [0.3, 0.4) is 0 Å². The minimum absolute atomic E-state index is 1.04. The van der Waals surface area contributed by atoms with Gasteiger partial charge in [-0.2, -0.15) is 0 Å². The molecule has 12 aromatic rings. The number of anilines is 12. The normalized spacial score (nSPS) is 11.2. The van der Waals surface area contributed by atoms with Crippen LogP contribution in [-0.2, 0) is 0 Å². The van der Waals surface area contributed by atoms with Crippen LogP contribution >= 0.6 is 0 Å². The second-order valence-corrected chi connectivity index (χ2v) is 18.9. The molecule has 0 aliphatic carbocycles. The van der Waals surface area contributed by atoms with Crippen molar-refractivity contribution < 1.29 is 0 Å². The molecule has 0 amide bonds. The zero-order valence-electron chi connectivity index (χ0n) is 41.3. The average Bonchev–Trinajstić information content (AvgIpc) is 3.43. The molecule has 0 spiro atoms. The van der Waals surface area contributed by atoms with Gasteiger partial charge in [0.25, 0.3) is 0 Å². The van der Waals surface area contributed by atoms with Crippen molar-refractivity contribution in [2.45, 2.75) is 20.8 Å². The molecule has 0 N–H and O–H groups in total. The molecule has 0 radical (unpaired) electrons. The van der Waals surface area contributed by atoms with E-state index in [4.69, 9.17) is 0 Å². The number of aryl methyl sites for hydroxylation is 3. The van der Waals surface area contributed by atoms with Gasteiger partial charge in [0, 0.05) is 67.3 Å². The lowest BCUT2D eigenvalue weighted by atomic mass is 10.0. The minimum Gasteiger partial charge on any atom is -0.310 e. The van der Waals surface area contributed by atoms with Crippen molar-refractivity contribution in [1.29, 1.82) is 0 Å². The van der Waals surface area contributed by atoms with Crippen molar-refractivity contribution in [3.8, 4) is 0 Å². The van der Waals surface area contributed by atoms with Crippen molar-refractivity contribution in [1.82, 2.24) is 0 Å². The zero-order chi connectivity index (χ0) is 49.3. The van der Waals surface area contributed by atoms with Gasteiger partial charge < -0.3 is 19.6 Å². The lowest BCUT2D eigenvalue weighted by Gasteiger charge is -2.31. The maximum absolute atomic E-state index is 2.38. The third kappa shape index (κ3) is 8.81. The third-order valence-electron chi connectivity index (χ3n) is 13.9. The highest BCUT2D eigenvalue weighted by atomic mass is 15.2. The van der Waals surface area contributed by atoms with Gasteiger partial charge in [-0.15, -0.1) is 0 Å². The highest BCUT2D eigenvalue weighted by Gasteiger charge is 2.22. The monoisotopic (exact) mass is 938 g/mol. The maximum atomic E-state index is 2.38. The second kappa shape index (κ2) is 19.4. The molecular weight excluding hydrogens is 885 g/mol. The van der Waals surface area contributed by atoms with Gasteiger partial charge in [-0.25, -0.2) is 0 Å². The first kappa shape index (κ1) is 44.8. The Hall–Kier alpha value is -9.38. The summed E-state index contributed by atoms with van der Waals surface area (Å²) < 4.78 is 0. The van der Waals surface area contributed by atoms with Crippen molar-refractivity contribution in [3.05, 3.63) is 290 Å². The molecule has 0 saturated heterocycles. The summed E-state index contributed by atoms with van der Waals surface area (Å²) in [4.78, 5) is 9.52. The van der Waals surface area contributed by atoms with E-state index in [0.717, 1.165) is 68.2 Å². The summed E-state index contributed by atoms with van der Waals surface area (Å²) >= 11 is 0. The SMILES string of the molecule is Cc1cccc(N(c2ccc(N(c3ccc(N(c4cccc(C)c4)c4cccc5ccccc45)cc3)c3ccc(N(c4cccc(C)c4)c4cccc5ccccc45)cc3)cc2)c2cccc3ccccc23)c1. The first-order valence-electron chi connectivity index (χ1n) is 25.1. The molecular formula is C69H54N4. The predicted molar refractivity (Wildman–Crippen MR) is 312 cm³/mol. The van der Waals surface area contributed by atoms with Crippen LogP contribution in [0.1, 0.15) is 16.7 Å². The Kier molecular flexibility index (Phi) is 11.9. The zero-order valence-corrected chi connectivity index (χ0v) is 41.3. The highest BCUT2D eigenvalue weighted by molar-refractivity contribution is 6.02. The van der Waals surface area contributed by atoms with E-state index >= 15 is 0 Å². The third-order valence-corrected chi connectivity index (χ3v) is 13.9. The number of hydrogen-bond acceptors (Lipinski definition) is 4. The molecule has 12 aromatic carbocycles. The molecule has 0 aromatic heterocycles. The summed E-state index contributed by atoms with van der Waals surface area (Å²) in [6.45, 7) is 6.48. The van der Waals surface area contributed by atoms with Crippen molar-refractivity contribution in [2.24, 2.45) is 0 Å². The summed E-state index contributed by atoms with van der Waals surface area (Å²) in [7, 11) is 0. The summed E-state index contributed by atoms with van der Waals surface area (Å²) in [6.07, 6.45) is 0. The Morgan fingerprint density at radius 1 is 0.192 bits per heavy atom. The molecule has 0 bridgehead atoms. The molecule has 12 rings (SSSR count). The highest BCUT2D eigenvalue weighted by Crippen LogP contribution is 2.46. The Bertz CT molecular complexity index is 3490. The minimum atomic E-state index is 1.04. The molecule has 0 aliphatic heterocycles. The van der Waals surface area contributed by atoms with E-state index < -0.39 is 0 Å². The van der Waals surface area contributed by atoms with E-state index in [1.807, 2.05) is 0 Å². The molecule has 0 aliphatic rings. The van der Waals surface area contributed by atoms with E-state index in [9.17, 15) is 0 Å². The lowest BCUT2D eigenvalue weighted by molar-refractivity contribution is 1.24. The van der Waals surface area contributed by atoms with Gasteiger partial charge in [0.1, 0.15) is 0 Å². The molecule has 350 valence electrons. The fourth-order valence-corrected chi connectivity index (χ4v) is 10.5. The summed E-state index contributed by atoms with van der Waals surface area (Å²) in [6, 6.07) is 99.1. The van der Waals surface area contributed by atoms with Gasteiger partial charge in [0.15, 0.2) is 0 Å². The van der Waals surface area contributed by atoms with Gasteiger partial charge in [0.05, 0.1) is 17.1 Å². The van der Waals surface area contributed by atoms with Gasteiger partial charge >= 0.3 is 0 Å². The van der Waals surface area contributed by atoms with Crippen LogP contribution in [0.4, 0.5) is 68.2 Å². The molecule has 0 saturated carbocycles. The van der Waals surface area contributed by atoms with Gasteiger partial charge in [-0.1, -0.05) is 146 Å². The second-order valence-electron chi connectivity index (χ2n) is 18.9. The largest absolute Gasteiger partial charge is 0.310 e. The Balaban J connectivity index is 0.995. The number of benzene rings is 12. The molecule has 0 unspecified atom stereocenters. The quantitative estimate of drug-likeness (QED) is 0.121. The lowest BCUT2D eigenvalue weighted by Crippen LogP contribution is -2.14. The van der Waals surface area contributed by atoms with Crippen molar-refractivity contribution in [2.75, 3.05) is 19.6 Å². The van der Waals surface area contributed by atoms with Crippen LogP contribution in [-0.4, -0.2) is 0 Å². The van der Waals surface area contributed by atoms with Gasteiger partial charge in [-0.05, 0) is 181 Å². The molecule has 4 nitrogen and oxygen atoms in total. The van der Waals surface area contributed by atoms with Crippen LogP contribution in [0, 0.1) is 20.8 Å². The van der Waals surface area contributed by atoms with E-state index in [0.29, 0.717) is 0 Å². The molecule has 0 fully saturated rings. The maximum Gasteiger partial charge on any atom is 0.0540 e. The van der Waals surface area contributed by atoms with E-state index in [2.05, 4.69) is 313 Å². The molecule has 73 heavy (non-hydrogen) atoms. The van der Waals surface area contributed by atoms with Crippen LogP contribution in [0.15, 0.2) is 273 Å². The first-order valence-corrected chi connectivity index (χ1v) is 25.1. The number of rotatable bonds is 12. The smallest absolute Gasteiger partial charge is 0.0540 e. The Labute approximate surface area is 428 Å². The van der Waals surface area contributed by atoms with Crippen molar-refractivity contribution in [3.63, 3.8) is 0 Å². The van der Waals surface area contributed by atoms with E-state index in [1.54, 1.807) is 0 Å². The van der Waals surface area contributed by atoms with Crippen molar-refractivity contribution >= 4 is 101 Å². The molecule has 4 heteroatoms. The fourth-order valence-electron chi connectivity index (χ4n) is 10.5. The topological polar surface area (TPSA) is 13.0 Å². The van der Waals surface area contributed by atoms with Crippen LogP contribution in [0.2, 0.25) is 0 Å². The number of nitrogens with zero attached hydrogens (tertiary/aromatic N) is 4. The van der Waals surface area contributed by atoms with E-state index in [-0.39, 0.29) is 0 Å². The Morgan fingerprint density at radius 3 is 0.699 bits per heavy atom. The Morgan fingerprint density at radius 2 is 0.425 bits per heavy atom. The standard InChI is InChI=1S/C69H54N4/c1-49-16-10-25-61(46-49)71(67-31-13-22-52-19-4-7-28-64(52)67)58-40-34-55(35-41-58)70(56-36-42-59(43-37-56)72(62-26-11-17-50(2)47-62)68-32-14-23-53-20-5-8-29-65(53)68)57-38-44-60(45-39-57)73(63-27-12-18-51(3)48-63)69-33-15-24-54-21-6-9-30-66(54)69/h4-48H,1-3H3. The predicted octanol–water partition coefficient (Wildman–Crippen LogP) is 20.0. The first-order chi connectivity index (χ1) is 35.9. The summed E-state index contributed by atoms with van der Waals surface area (Å²) in [5.41, 5.74) is 16.7. The number of hydrogen-bond donors (Lipinski definition) is 0. The van der Waals surface area contributed by atoms with E-state index in [1.165, 1.54) is 49.0 Å². The van der Waals surface area contributed by atoms with Crippen LogP contribution in [0.5, 0.6) is 0 Å². The fraction of sp³-hybridized carbons (Fsp3) is 0.0435. The molecule has 0 atom stereocenters. The van der Waals surface area contributed by atoms with Crippen LogP contribution in [0.25, 0.3) is 32.3 Å². The summed E-state index contributed by atoms with van der Waals surface area (Å²) in [5.74, 6) is 0. The number of fused-ring (bicyclic) bond motifs is 3. The average molecular weight is 939 g/mol.